The monoisotopic (exact) mass is 507 g/mol. The molecule has 1 unspecified atom stereocenters. The van der Waals surface area contributed by atoms with Crippen LogP contribution in [0.15, 0.2) is 42.5 Å². The van der Waals surface area contributed by atoms with Crippen LogP contribution in [-0.2, 0) is 0 Å². The molecule has 2 aliphatic rings. The number of para-hydroxylation sites is 2. The van der Waals surface area contributed by atoms with E-state index in [2.05, 4.69) is 38.7 Å². The maximum atomic E-state index is 13.3. The third kappa shape index (κ3) is 6.87. The fourth-order valence-electron chi connectivity index (χ4n) is 5.15. The average molecular weight is 508 g/mol. The van der Waals surface area contributed by atoms with Crippen LogP contribution in [-0.4, -0.2) is 57.3 Å². The van der Waals surface area contributed by atoms with Crippen LogP contribution in [0.3, 0.4) is 0 Å². The molecule has 1 saturated heterocycles. The zero-order valence-corrected chi connectivity index (χ0v) is 22.4. The van der Waals surface area contributed by atoms with Gasteiger partial charge in [-0.15, -0.1) is 0 Å². The van der Waals surface area contributed by atoms with E-state index >= 15 is 0 Å². The van der Waals surface area contributed by atoms with Crippen LogP contribution in [0.4, 0.5) is 21.9 Å². The molecule has 8 heteroatoms. The molecule has 0 bridgehead atoms. The van der Waals surface area contributed by atoms with Crippen molar-refractivity contribution >= 4 is 29.0 Å². The van der Waals surface area contributed by atoms with Crippen molar-refractivity contribution in [2.75, 3.05) is 48.4 Å². The van der Waals surface area contributed by atoms with Gasteiger partial charge in [0.25, 0.3) is 5.91 Å². The summed E-state index contributed by atoms with van der Waals surface area (Å²) in [6, 6.07) is 13.8. The highest BCUT2D eigenvalue weighted by molar-refractivity contribution is 6.02. The van der Waals surface area contributed by atoms with Gasteiger partial charge in [0, 0.05) is 49.6 Å². The van der Waals surface area contributed by atoms with Crippen molar-refractivity contribution in [1.29, 1.82) is 0 Å². The van der Waals surface area contributed by atoms with Crippen molar-refractivity contribution in [3.8, 4) is 5.75 Å². The Labute approximate surface area is 220 Å². The molecule has 2 aromatic rings. The quantitative estimate of drug-likeness (QED) is 0.468. The Morgan fingerprint density at radius 2 is 1.65 bits per heavy atom. The predicted molar refractivity (Wildman–Crippen MR) is 150 cm³/mol. The van der Waals surface area contributed by atoms with E-state index in [1.54, 1.807) is 13.2 Å². The van der Waals surface area contributed by atoms with Gasteiger partial charge in [-0.3, -0.25) is 4.79 Å². The Kier molecular flexibility index (Phi) is 9.14. The molecule has 37 heavy (non-hydrogen) atoms. The summed E-state index contributed by atoms with van der Waals surface area (Å²) in [5.74, 6) is 0.749. The minimum atomic E-state index is -0.210. The average Bonchev–Trinajstić information content (AvgIpc) is 2.93. The maximum Gasteiger partial charge on any atom is 0.319 e. The molecule has 1 heterocycles. The smallest absolute Gasteiger partial charge is 0.319 e. The first-order valence-corrected chi connectivity index (χ1v) is 13.6. The van der Waals surface area contributed by atoms with Gasteiger partial charge in [0.1, 0.15) is 5.75 Å². The molecule has 0 aromatic heterocycles. The zero-order chi connectivity index (χ0) is 26.2. The number of amides is 3. The van der Waals surface area contributed by atoms with Gasteiger partial charge in [-0.1, -0.05) is 38.3 Å². The summed E-state index contributed by atoms with van der Waals surface area (Å²) >= 11 is 0. The van der Waals surface area contributed by atoms with Crippen molar-refractivity contribution in [3.05, 3.63) is 48.0 Å². The Bertz CT molecular complexity index is 1060. The molecule has 2 aromatic carbocycles. The topological polar surface area (TPSA) is 85.9 Å². The van der Waals surface area contributed by atoms with E-state index in [0.717, 1.165) is 75.4 Å². The number of anilines is 3. The van der Waals surface area contributed by atoms with Gasteiger partial charge >= 0.3 is 6.03 Å². The molecule has 1 aliphatic carbocycles. The van der Waals surface area contributed by atoms with Crippen LogP contribution < -0.4 is 30.5 Å². The third-order valence-corrected chi connectivity index (χ3v) is 7.48. The lowest BCUT2D eigenvalue weighted by atomic mass is 9.96. The fraction of sp³-hybridized carbons (Fsp3) is 0.517. The standard InChI is InChI=1S/C29H41N5O3/c1-4-21(2)30-28(35)24-20-23(32-29(36)31-22-10-6-5-7-11-22)14-15-25(24)33-16-18-34(19-17-33)26-12-8-9-13-27(26)37-3/h8-9,12-15,20-22H,4-7,10-11,16-19H2,1-3H3,(H,30,35)(H2,31,32,36). The summed E-state index contributed by atoms with van der Waals surface area (Å²) in [5, 5.41) is 9.14. The van der Waals surface area contributed by atoms with E-state index in [9.17, 15) is 9.59 Å². The highest BCUT2D eigenvalue weighted by Gasteiger charge is 2.24. The second kappa shape index (κ2) is 12.7. The number of piperazine rings is 1. The van der Waals surface area contributed by atoms with Crippen LogP contribution in [0, 0.1) is 0 Å². The lowest BCUT2D eigenvalue weighted by molar-refractivity contribution is 0.0939. The molecule has 0 spiro atoms. The predicted octanol–water partition coefficient (Wildman–Crippen LogP) is 5.00. The van der Waals surface area contributed by atoms with Crippen molar-refractivity contribution in [2.24, 2.45) is 0 Å². The van der Waals surface area contributed by atoms with Crippen LogP contribution in [0.25, 0.3) is 0 Å². The minimum Gasteiger partial charge on any atom is -0.495 e. The first-order chi connectivity index (χ1) is 18.0. The molecule has 8 nitrogen and oxygen atoms in total. The minimum absolute atomic E-state index is 0.0639. The fourth-order valence-corrected chi connectivity index (χ4v) is 5.15. The van der Waals surface area contributed by atoms with Crippen molar-refractivity contribution in [3.63, 3.8) is 0 Å². The molecule has 2 fully saturated rings. The molecule has 1 atom stereocenters. The number of carbonyl (C=O) groups excluding carboxylic acids is 2. The van der Waals surface area contributed by atoms with Crippen LogP contribution in [0.2, 0.25) is 0 Å². The normalized spacial score (nSPS) is 17.2. The van der Waals surface area contributed by atoms with Crippen LogP contribution >= 0.6 is 0 Å². The largest absolute Gasteiger partial charge is 0.495 e. The summed E-state index contributed by atoms with van der Waals surface area (Å²) in [7, 11) is 1.70. The summed E-state index contributed by atoms with van der Waals surface area (Å²) in [6.07, 6.45) is 6.45. The number of nitrogens with zero attached hydrogens (tertiary/aromatic N) is 2. The Balaban J connectivity index is 1.49. The molecule has 1 aliphatic heterocycles. The summed E-state index contributed by atoms with van der Waals surface area (Å²) < 4.78 is 5.55. The van der Waals surface area contributed by atoms with E-state index in [4.69, 9.17) is 4.74 Å². The van der Waals surface area contributed by atoms with E-state index in [1.165, 1.54) is 6.42 Å². The maximum absolute atomic E-state index is 13.3. The van der Waals surface area contributed by atoms with Gasteiger partial charge in [0.15, 0.2) is 0 Å². The first kappa shape index (κ1) is 26.6. The molecule has 0 radical (unpaired) electrons. The highest BCUT2D eigenvalue weighted by Crippen LogP contribution is 2.31. The number of rotatable bonds is 8. The van der Waals surface area contributed by atoms with Crippen molar-refractivity contribution in [2.45, 2.75) is 64.5 Å². The van der Waals surface area contributed by atoms with Gasteiger partial charge in [-0.05, 0) is 56.5 Å². The third-order valence-electron chi connectivity index (χ3n) is 7.48. The number of urea groups is 1. The number of nitrogens with one attached hydrogen (secondary N) is 3. The van der Waals surface area contributed by atoms with Crippen molar-refractivity contribution in [1.82, 2.24) is 10.6 Å². The van der Waals surface area contributed by atoms with Gasteiger partial charge in [0.05, 0.1) is 18.4 Å². The highest BCUT2D eigenvalue weighted by atomic mass is 16.5. The molecule has 3 N–H and O–H groups in total. The molecular formula is C29H41N5O3. The van der Waals surface area contributed by atoms with Gasteiger partial charge in [-0.2, -0.15) is 0 Å². The van der Waals surface area contributed by atoms with E-state index in [0.29, 0.717) is 11.3 Å². The summed E-state index contributed by atoms with van der Waals surface area (Å²) in [6.45, 7) is 7.24. The lowest BCUT2D eigenvalue weighted by Gasteiger charge is -2.38. The first-order valence-electron chi connectivity index (χ1n) is 13.6. The molecule has 200 valence electrons. The summed E-state index contributed by atoms with van der Waals surface area (Å²) in [5.41, 5.74) is 3.18. The Hall–Kier alpha value is -3.42. The van der Waals surface area contributed by atoms with Crippen molar-refractivity contribution < 1.29 is 14.3 Å². The Morgan fingerprint density at radius 1 is 0.973 bits per heavy atom. The number of hydrogen-bond acceptors (Lipinski definition) is 5. The van der Waals surface area contributed by atoms with Gasteiger partial charge in [0.2, 0.25) is 0 Å². The van der Waals surface area contributed by atoms with Crippen LogP contribution in [0.5, 0.6) is 5.75 Å². The zero-order valence-electron chi connectivity index (χ0n) is 22.4. The van der Waals surface area contributed by atoms with Crippen LogP contribution in [0.1, 0.15) is 62.7 Å². The molecule has 1 saturated carbocycles. The number of hydrogen-bond donors (Lipinski definition) is 3. The van der Waals surface area contributed by atoms with E-state index in [-0.39, 0.29) is 24.0 Å². The molecule has 4 rings (SSSR count). The number of carbonyl (C=O) groups is 2. The second-order valence-electron chi connectivity index (χ2n) is 10.1. The number of ether oxygens (including phenoxy) is 1. The second-order valence-corrected chi connectivity index (χ2v) is 10.1. The van der Waals surface area contributed by atoms with Gasteiger partial charge < -0.3 is 30.5 Å². The van der Waals surface area contributed by atoms with E-state index < -0.39 is 0 Å². The molecular weight excluding hydrogens is 466 g/mol. The van der Waals surface area contributed by atoms with Gasteiger partial charge in [-0.25, -0.2) is 4.79 Å². The van der Waals surface area contributed by atoms with E-state index in [1.807, 2.05) is 37.3 Å². The summed E-state index contributed by atoms with van der Waals surface area (Å²) in [4.78, 5) is 30.5. The SMILES string of the molecule is CCC(C)NC(=O)c1cc(NC(=O)NC2CCCCC2)ccc1N1CCN(c2ccccc2OC)CC1. The number of benzene rings is 2. The molecule has 3 amide bonds. The Morgan fingerprint density at radius 3 is 2.32 bits per heavy atom. The lowest BCUT2D eigenvalue weighted by Crippen LogP contribution is -2.47. The number of methoxy groups -OCH3 is 1.